The summed E-state index contributed by atoms with van der Waals surface area (Å²) in [5, 5.41) is 11.6. The number of nitriles is 1. The first-order valence-corrected chi connectivity index (χ1v) is 4.90. The molecule has 1 aliphatic rings. The average molecular weight is 180 g/mol. The predicted octanol–water partition coefficient (Wildman–Crippen LogP) is 1.59. The minimum absolute atomic E-state index is 0.0999. The number of nitrogens with zero attached hydrogens (tertiary/aromatic N) is 1. The van der Waals surface area contributed by atoms with Gasteiger partial charge in [0.2, 0.25) is 5.91 Å². The normalized spacial score (nSPS) is 20.3. The van der Waals surface area contributed by atoms with Crippen molar-refractivity contribution in [3.8, 4) is 6.07 Å². The van der Waals surface area contributed by atoms with Gasteiger partial charge in [-0.2, -0.15) is 5.26 Å². The Hall–Kier alpha value is -1.04. The van der Waals surface area contributed by atoms with Crippen LogP contribution in [0.4, 0.5) is 0 Å². The van der Waals surface area contributed by atoms with Crippen LogP contribution in [0, 0.1) is 17.2 Å². The van der Waals surface area contributed by atoms with E-state index in [2.05, 4.69) is 11.4 Å². The Morgan fingerprint density at radius 1 is 1.46 bits per heavy atom. The zero-order valence-corrected chi connectivity index (χ0v) is 8.05. The maximum absolute atomic E-state index is 10.8. The Morgan fingerprint density at radius 3 is 2.54 bits per heavy atom. The standard InChI is InChI=1S/C10H16N2O/c1-8(13)12-10(7-11)9-5-3-2-4-6-9/h9-10H,2-6H2,1H3,(H,12,13). The van der Waals surface area contributed by atoms with Gasteiger partial charge in [-0.15, -0.1) is 0 Å². The number of carbonyl (C=O) groups excluding carboxylic acids is 1. The molecule has 0 radical (unpaired) electrons. The van der Waals surface area contributed by atoms with E-state index in [4.69, 9.17) is 5.26 Å². The van der Waals surface area contributed by atoms with Gasteiger partial charge in [-0.25, -0.2) is 0 Å². The van der Waals surface area contributed by atoms with Crippen molar-refractivity contribution in [1.29, 1.82) is 5.26 Å². The van der Waals surface area contributed by atoms with E-state index in [-0.39, 0.29) is 11.9 Å². The van der Waals surface area contributed by atoms with E-state index in [0.717, 1.165) is 12.8 Å². The summed E-state index contributed by atoms with van der Waals surface area (Å²) in [5.41, 5.74) is 0. The molecule has 3 heteroatoms. The second-order valence-electron chi connectivity index (χ2n) is 3.71. The van der Waals surface area contributed by atoms with Gasteiger partial charge in [0.15, 0.2) is 0 Å². The lowest BCUT2D eigenvalue weighted by molar-refractivity contribution is -0.119. The lowest BCUT2D eigenvalue weighted by atomic mass is 9.84. The topological polar surface area (TPSA) is 52.9 Å². The van der Waals surface area contributed by atoms with Gasteiger partial charge in [-0.05, 0) is 18.8 Å². The molecule has 1 amide bonds. The number of hydrogen-bond donors (Lipinski definition) is 1. The van der Waals surface area contributed by atoms with E-state index in [0.29, 0.717) is 5.92 Å². The number of hydrogen-bond acceptors (Lipinski definition) is 2. The molecular formula is C10H16N2O. The highest BCUT2D eigenvalue weighted by molar-refractivity contribution is 5.73. The summed E-state index contributed by atoms with van der Waals surface area (Å²) in [4.78, 5) is 10.8. The van der Waals surface area contributed by atoms with Crippen molar-refractivity contribution in [2.24, 2.45) is 5.92 Å². The molecule has 1 fully saturated rings. The van der Waals surface area contributed by atoms with E-state index in [9.17, 15) is 4.79 Å². The van der Waals surface area contributed by atoms with Gasteiger partial charge in [0.1, 0.15) is 6.04 Å². The third kappa shape index (κ3) is 3.06. The highest BCUT2D eigenvalue weighted by Crippen LogP contribution is 2.26. The van der Waals surface area contributed by atoms with Crippen LogP contribution < -0.4 is 5.32 Å². The molecule has 72 valence electrons. The molecule has 1 atom stereocenters. The van der Waals surface area contributed by atoms with Crippen LogP contribution in [-0.2, 0) is 4.79 Å². The predicted molar refractivity (Wildman–Crippen MR) is 49.8 cm³/mol. The van der Waals surface area contributed by atoms with Crippen LogP contribution in [0.25, 0.3) is 0 Å². The van der Waals surface area contributed by atoms with Crippen molar-refractivity contribution < 1.29 is 4.79 Å². The van der Waals surface area contributed by atoms with Crippen molar-refractivity contribution in [3.63, 3.8) is 0 Å². The van der Waals surface area contributed by atoms with Crippen molar-refractivity contribution in [1.82, 2.24) is 5.32 Å². The van der Waals surface area contributed by atoms with Crippen LogP contribution in [0.15, 0.2) is 0 Å². The van der Waals surface area contributed by atoms with Gasteiger partial charge in [-0.1, -0.05) is 19.3 Å². The fourth-order valence-corrected chi connectivity index (χ4v) is 1.94. The molecular weight excluding hydrogens is 164 g/mol. The van der Waals surface area contributed by atoms with E-state index >= 15 is 0 Å². The molecule has 1 saturated carbocycles. The minimum Gasteiger partial charge on any atom is -0.340 e. The van der Waals surface area contributed by atoms with Gasteiger partial charge in [0, 0.05) is 6.92 Å². The molecule has 1 N–H and O–H groups in total. The molecule has 0 spiro atoms. The highest BCUT2D eigenvalue weighted by atomic mass is 16.1. The zero-order valence-electron chi connectivity index (χ0n) is 8.05. The SMILES string of the molecule is CC(=O)NC(C#N)C1CCCCC1. The Balaban J connectivity index is 2.45. The minimum atomic E-state index is -0.266. The van der Waals surface area contributed by atoms with Crippen molar-refractivity contribution in [3.05, 3.63) is 0 Å². The number of amides is 1. The fraction of sp³-hybridized carbons (Fsp3) is 0.800. The second kappa shape index (κ2) is 4.86. The van der Waals surface area contributed by atoms with Crippen molar-refractivity contribution in [2.45, 2.75) is 45.1 Å². The van der Waals surface area contributed by atoms with Gasteiger partial charge >= 0.3 is 0 Å². The Bertz CT molecular complexity index is 213. The fourth-order valence-electron chi connectivity index (χ4n) is 1.94. The lowest BCUT2D eigenvalue weighted by Crippen LogP contribution is -2.38. The summed E-state index contributed by atoms with van der Waals surface area (Å²) in [6.45, 7) is 1.47. The largest absolute Gasteiger partial charge is 0.340 e. The number of rotatable bonds is 2. The van der Waals surface area contributed by atoms with E-state index in [1.54, 1.807) is 0 Å². The van der Waals surface area contributed by atoms with Crippen LogP contribution in [0.2, 0.25) is 0 Å². The Kier molecular flexibility index (Phi) is 3.75. The first-order chi connectivity index (χ1) is 6.24. The van der Waals surface area contributed by atoms with Crippen molar-refractivity contribution in [2.75, 3.05) is 0 Å². The van der Waals surface area contributed by atoms with E-state index < -0.39 is 0 Å². The molecule has 0 aromatic carbocycles. The zero-order chi connectivity index (χ0) is 9.68. The number of nitrogens with one attached hydrogen (secondary N) is 1. The summed E-state index contributed by atoms with van der Waals surface area (Å²) in [6.07, 6.45) is 5.83. The van der Waals surface area contributed by atoms with E-state index in [1.807, 2.05) is 0 Å². The van der Waals surface area contributed by atoms with Gasteiger partial charge in [0.05, 0.1) is 6.07 Å². The summed E-state index contributed by atoms with van der Waals surface area (Å²) in [7, 11) is 0. The van der Waals surface area contributed by atoms with Crippen LogP contribution in [0.3, 0.4) is 0 Å². The quantitative estimate of drug-likeness (QED) is 0.701. The molecule has 0 heterocycles. The van der Waals surface area contributed by atoms with E-state index in [1.165, 1.54) is 26.2 Å². The highest BCUT2D eigenvalue weighted by Gasteiger charge is 2.23. The molecule has 1 unspecified atom stereocenters. The molecule has 0 bridgehead atoms. The van der Waals surface area contributed by atoms with Crippen molar-refractivity contribution >= 4 is 5.91 Å². The molecule has 1 rings (SSSR count). The van der Waals surface area contributed by atoms with Crippen LogP contribution in [-0.4, -0.2) is 11.9 Å². The smallest absolute Gasteiger partial charge is 0.217 e. The summed E-state index contributed by atoms with van der Waals surface area (Å²) in [5.74, 6) is 0.278. The Labute approximate surface area is 79.1 Å². The molecule has 0 aromatic rings. The lowest BCUT2D eigenvalue weighted by Gasteiger charge is -2.25. The van der Waals surface area contributed by atoms with Crippen LogP contribution in [0.5, 0.6) is 0 Å². The Morgan fingerprint density at radius 2 is 2.08 bits per heavy atom. The van der Waals surface area contributed by atoms with Gasteiger partial charge in [-0.3, -0.25) is 4.79 Å². The first kappa shape index (κ1) is 10.0. The molecule has 3 nitrogen and oxygen atoms in total. The maximum Gasteiger partial charge on any atom is 0.217 e. The summed E-state index contributed by atoms with van der Waals surface area (Å²) >= 11 is 0. The van der Waals surface area contributed by atoms with Crippen LogP contribution in [0.1, 0.15) is 39.0 Å². The average Bonchev–Trinajstić information content (AvgIpc) is 2.15. The van der Waals surface area contributed by atoms with Gasteiger partial charge in [0.25, 0.3) is 0 Å². The second-order valence-corrected chi connectivity index (χ2v) is 3.71. The third-order valence-corrected chi connectivity index (χ3v) is 2.62. The number of carbonyl (C=O) groups is 1. The summed E-state index contributed by atoms with van der Waals surface area (Å²) in [6, 6.07) is 1.91. The van der Waals surface area contributed by atoms with Gasteiger partial charge < -0.3 is 5.32 Å². The summed E-state index contributed by atoms with van der Waals surface area (Å²) < 4.78 is 0. The monoisotopic (exact) mass is 180 g/mol. The maximum atomic E-state index is 10.8. The third-order valence-electron chi connectivity index (χ3n) is 2.62. The van der Waals surface area contributed by atoms with Crippen LogP contribution >= 0.6 is 0 Å². The first-order valence-electron chi connectivity index (χ1n) is 4.90. The molecule has 0 aromatic heterocycles. The molecule has 0 saturated heterocycles. The molecule has 1 aliphatic carbocycles. The molecule has 13 heavy (non-hydrogen) atoms. The molecule has 0 aliphatic heterocycles.